The fraction of sp³-hybridized carbons (Fsp3) is 0.235. The van der Waals surface area contributed by atoms with Gasteiger partial charge in [-0.2, -0.15) is 0 Å². The average molecular weight is 359 g/mol. The third-order valence-electron chi connectivity index (χ3n) is 2.93. The first-order valence-electron chi connectivity index (χ1n) is 7.44. The van der Waals surface area contributed by atoms with Gasteiger partial charge >= 0.3 is 5.97 Å². The molecule has 1 heterocycles. The van der Waals surface area contributed by atoms with Crippen LogP contribution in [-0.4, -0.2) is 40.1 Å². The Kier molecular flexibility index (Phi) is 6.64. The van der Waals surface area contributed by atoms with E-state index in [0.29, 0.717) is 10.7 Å². The van der Waals surface area contributed by atoms with Crippen LogP contribution in [0.1, 0.15) is 21.7 Å². The Hall–Kier alpha value is -2.74. The Labute approximate surface area is 149 Å². The minimum atomic E-state index is -0.685. The molecule has 8 heteroatoms. The maximum absolute atomic E-state index is 11.8. The van der Waals surface area contributed by atoms with E-state index in [9.17, 15) is 14.4 Å². The Morgan fingerprint density at radius 1 is 1.08 bits per heavy atom. The van der Waals surface area contributed by atoms with Gasteiger partial charge in [-0.3, -0.25) is 19.7 Å². The maximum atomic E-state index is 11.8. The molecule has 7 nitrogen and oxygen atoms in total. The van der Waals surface area contributed by atoms with Crippen LogP contribution < -0.4 is 5.32 Å². The van der Waals surface area contributed by atoms with Gasteiger partial charge in [0.25, 0.3) is 11.8 Å². The fourth-order valence-electron chi connectivity index (χ4n) is 1.89. The summed E-state index contributed by atoms with van der Waals surface area (Å²) in [6.45, 7) is 3.15. The number of rotatable bonds is 6. The van der Waals surface area contributed by atoms with E-state index in [1.165, 1.54) is 0 Å². The summed E-state index contributed by atoms with van der Waals surface area (Å²) in [7, 11) is 0. The molecule has 130 valence electrons. The highest BCUT2D eigenvalue weighted by Crippen LogP contribution is 2.14. The van der Waals surface area contributed by atoms with Crippen molar-refractivity contribution in [3.63, 3.8) is 0 Å². The van der Waals surface area contributed by atoms with Gasteiger partial charge in [0.05, 0.1) is 5.75 Å². The Morgan fingerprint density at radius 2 is 1.72 bits per heavy atom. The third-order valence-corrected chi connectivity index (χ3v) is 3.75. The van der Waals surface area contributed by atoms with E-state index in [4.69, 9.17) is 4.74 Å². The molecule has 2 rings (SSSR count). The van der Waals surface area contributed by atoms with E-state index >= 15 is 0 Å². The average Bonchev–Trinajstić information content (AvgIpc) is 2.58. The topological polar surface area (TPSA) is 98.2 Å². The number of benzene rings is 1. The van der Waals surface area contributed by atoms with Crippen LogP contribution >= 0.6 is 11.8 Å². The molecular weight excluding hydrogens is 342 g/mol. The van der Waals surface area contributed by atoms with Gasteiger partial charge in [0.15, 0.2) is 11.8 Å². The summed E-state index contributed by atoms with van der Waals surface area (Å²) in [5.74, 6) is -1.84. The molecule has 0 aliphatic rings. The number of nitrogens with zero attached hydrogens (tertiary/aromatic N) is 2. The highest BCUT2D eigenvalue weighted by atomic mass is 32.2. The van der Waals surface area contributed by atoms with E-state index in [1.807, 2.05) is 19.9 Å². The molecule has 0 atom stereocenters. The number of esters is 1. The van der Waals surface area contributed by atoms with Gasteiger partial charge in [-0.1, -0.05) is 30.0 Å². The molecule has 1 aromatic heterocycles. The van der Waals surface area contributed by atoms with Crippen molar-refractivity contribution in [2.45, 2.75) is 19.0 Å². The van der Waals surface area contributed by atoms with Gasteiger partial charge in [-0.25, -0.2) is 9.97 Å². The predicted octanol–water partition coefficient (Wildman–Crippen LogP) is 1.69. The molecule has 0 unspecified atom stereocenters. The van der Waals surface area contributed by atoms with E-state index in [-0.39, 0.29) is 5.75 Å². The molecule has 25 heavy (non-hydrogen) atoms. The molecule has 0 spiro atoms. The number of aromatic nitrogens is 2. The number of ether oxygens (including phenoxy) is 1. The minimum Gasteiger partial charge on any atom is -0.455 e. The molecule has 0 bridgehead atoms. The molecule has 2 aromatic rings. The monoisotopic (exact) mass is 359 g/mol. The smallest absolute Gasteiger partial charge is 0.316 e. The van der Waals surface area contributed by atoms with Crippen molar-refractivity contribution in [2.75, 3.05) is 12.4 Å². The summed E-state index contributed by atoms with van der Waals surface area (Å²) in [5.41, 5.74) is 1.97. The summed E-state index contributed by atoms with van der Waals surface area (Å²) in [5, 5.41) is 2.62. The van der Waals surface area contributed by atoms with Crippen LogP contribution in [0.25, 0.3) is 0 Å². The molecule has 0 radical (unpaired) electrons. The Morgan fingerprint density at radius 3 is 2.36 bits per heavy atom. The maximum Gasteiger partial charge on any atom is 0.316 e. The zero-order chi connectivity index (χ0) is 18.2. The number of nitrogens with one attached hydrogen (secondary N) is 1. The lowest BCUT2D eigenvalue weighted by Crippen LogP contribution is -2.34. The summed E-state index contributed by atoms with van der Waals surface area (Å²) in [6, 6.07) is 10.1. The van der Waals surface area contributed by atoms with Crippen molar-refractivity contribution >= 4 is 29.5 Å². The van der Waals surface area contributed by atoms with E-state index in [1.54, 1.807) is 30.3 Å². The molecule has 2 amide bonds. The van der Waals surface area contributed by atoms with E-state index in [2.05, 4.69) is 15.3 Å². The van der Waals surface area contributed by atoms with Crippen LogP contribution in [0.5, 0.6) is 0 Å². The first kappa shape index (κ1) is 18.6. The second-order valence-electron chi connectivity index (χ2n) is 5.13. The van der Waals surface area contributed by atoms with Gasteiger partial charge in [0.1, 0.15) is 0 Å². The van der Waals surface area contributed by atoms with Crippen molar-refractivity contribution in [3.8, 4) is 0 Å². The minimum absolute atomic E-state index is 0.0250. The quantitative estimate of drug-likeness (QED) is 0.476. The standard InChI is InChI=1S/C17H17N3O4S/c1-11-8-12(2)19-17(18-11)25-10-15(22)24-9-14(21)20-16(23)13-6-4-3-5-7-13/h3-8H,9-10H2,1-2H3,(H,20,21,23). The molecule has 0 aliphatic heterocycles. The van der Waals surface area contributed by atoms with Gasteiger partial charge < -0.3 is 4.74 Å². The lowest BCUT2D eigenvalue weighted by atomic mass is 10.2. The molecule has 0 saturated carbocycles. The predicted molar refractivity (Wildman–Crippen MR) is 92.1 cm³/mol. The zero-order valence-corrected chi connectivity index (χ0v) is 14.6. The normalized spacial score (nSPS) is 10.2. The number of aryl methyl sites for hydroxylation is 2. The lowest BCUT2D eigenvalue weighted by molar-refractivity contribution is -0.145. The van der Waals surface area contributed by atoms with Crippen LogP contribution in [0.4, 0.5) is 0 Å². The van der Waals surface area contributed by atoms with Crippen molar-refractivity contribution in [3.05, 3.63) is 53.3 Å². The van der Waals surface area contributed by atoms with Crippen LogP contribution in [0.15, 0.2) is 41.6 Å². The van der Waals surface area contributed by atoms with Gasteiger partial charge in [0, 0.05) is 17.0 Å². The third kappa shape index (κ3) is 6.34. The highest BCUT2D eigenvalue weighted by molar-refractivity contribution is 7.99. The zero-order valence-electron chi connectivity index (χ0n) is 13.8. The Bertz CT molecular complexity index is 760. The van der Waals surface area contributed by atoms with Crippen LogP contribution in [0.2, 0.25) is 0 Å². The lowest BCUT2D eigenvalue weighted by Gasteiger charge is -2.06. The molecule has 1 N–H and O–H groups in total. The first-order chi connectivity index (χ1) is 11.9. The fourth-order valence-corrected chi connectivity index (χ4v) is 2.64. The van der Waals surface area contributed by atoms with Gasteiger partial charge in [0.2, 0.25) is 0 Å². The molecular formula is C17H17N3O4S. The molecule has 1 aromatic carbocycles. The van der Waals surface area contributed by atoms with Crippen molar-refractivity contribution in [2.24, 2.45) is 0 Å². The summed E-state index contributed by atoms with van der Waals surface area (Å²) < 4.78 is 4.84. The number of amides is 2. The number of carbonyl (C=O) groups excluding carboxylic acids is 3. The molecule has 0 aliphatic carbocycles. The van der Waals surface area contributed by atoms with Crippen molar-refractivity contribution in [1.82, 2.24) is 15.3 Å². The number of hydrogen-bond acceptors (Lipinski definition) is 7. The van der Waals surface area contributed by atoms with Crippen LogP contribution in [0, 0.1) is 13.8 Å². The van der Waals surface area contributed by atoms with E-state index < -0.39 is 24.4 Å². The van der Waals surface area contributed by atoms with Crippen molar-refractivity contribution < 1.29 is 19.1 Å². The largest absolute Gasteiger partial charge is 0.455 e. The SMILES string of the molecule is Cc1cc(C)nc(SCC(=O)OCC(=O)NC(=O)c2ccccc2)n1. The second kappa shape index (κ2) is 8.93. The molecule has 0 saturated heterocycles. The van der Waals surface area contributed by atoms with Gasteiger partial charge in [-0.05, 0) is 32.0 Å². The first-order valence-corrected chi connectivity index (χ1v) is 8.42. The Balaban J connectivity index is 1.74. The number of hydrogen-bond donors (Lipinski definition) is 1. The number of imide groups is 1. The van der Waals surface area contributed by atoms with E-state index in [0.717, 1.165) is 23.1 Å². The van der Waals surface area contributed by atoms with Crippen LogP contribution in [0.3, 0.4) is 0 Å². The van der Waals surface area contributed by atoms with Gasteiger partial charge in [-0.15, -0.1) is 0 Å². The summed E-state index contributed by atoms with van der Waals surface area (Å²) in [4.78, 5) is 43.5. The summed E-state index contributed by atoms with van der Waals surface area (Å²) >= 11 is 1.12. The van der Waals surface area contributed by atoms with Crippen LogP contribution in [-0.2, 0) is 14.3 Å². The number of thioether (sulfide) groups is 1. The van der Waals surface area contributed by atoms with Crippen molar-refractivity contribution in [1.29, 1.82) is 0 Å². The second-order valence-corrected chi connectivity index (χ2v) is 6.07. The highest BCUT2D eigenvalue weighted by Gasteiger charge is 2.13. The molecule has 0 fully saturated rings. The number of carbonyl (C=O) groups is 3. The summed E-state index contributed by atoms with van der Waals surface area (Å²) in [6.07, 6.45) is 0.